The quantitative estimate of drug-likeness (QED) is 0.854. The van der Waals surface area contributed by atoms with Crippen molar-refractivity contribution in [3.05, 3.63) is 35.9 Å². The molecule has 140 valence electrons. The summed E-state index contributed by atoms with van der Waals surface area (Å²) in [6, 6.07) is 7.47. The Morgan fingerprint density at radius 1 is 1.15 bits per heavy atom. The number of carbonyl (C=O) groups is 2. The van der Waals surface area contributed by atoms with Crippen LogP contribution in [-0.4, -0.2) is 54.6 Å². The highest BCUT2D eigenvalue weighted by atomic mass is 32.2. The molecule has 2 aromatic rings. The Bertz CT molecular complexity index is 1110. The maximum atomic E-state index is 13.5. The molecule has 0 unspecified atom stereocenters. The molecule has 0 aromatic heterocycles. The number of anilines is 1. The van der Waals surface area contributed by atoms with E-state index < -0.39 is 16.1 Å². The standard InChI is InChI=1S/C19H19N3O4S/c1-11-19(24)21-9-3-4-12(21)10-22(11)27(25,26)16-8-7-15-17-13(16)5-2-6-14(17)18(23)20-15/h2,5-8,11-12H,3-4,9-10H2,1H3,(H,20,23)/t11-,12-/m0/s1. The second kappa shape index (κ2) is 5.53. The molecule has 8 heteroatoms. The zero-order chi connectivity index (χ0) is 18.9. The number of sulfonamides is 1. The van der Waals surface area contributed by atoms with Gasteiger partial charge in [0.25, 0.3) is 5.91 Å². The van der Waals surface area contributed by atoms with Crippen LogP contribution in [0.5, 0.6) is 0 Å². The third-order valence-electron chi connectivity index (χ3n) is 5.92. The number of amides is 2. The highest BCUT2D eigenvalue weighted by Crippen LogP contribution is 2.38. The maximum Gasteiger partial charge on any atom is 0.256 e. The van der Waals surface area contributed by atoms with Crippen molar-refractivity contribution in [2.75, 3.05) is 18.4 Å². The molecule has 0 spiro atoms. The summed E-state index contributed by atoms with van der Waals surface area (Å²) in [5, 5.41) is 3.90. The first-order chi connectivity index (χ1) is 12.9. The monoisotopic (exact) mass is 385 g/mol. The van der Waals surface area contributed by atoms with Gasteiger partial charge in [-0.3, -0.25) is 9.59 Å². The topological polar surface area (TPSA) is 86.8 Å². The lowest BCUT2D eigenvalue weighted by Crippen LogP contribution is -2.59. The Kier molecular flexibility index (Phi) is 3.42. The largest absolute Gasteiger partial charge is 0.337 e. The van der Waals surface area contributed by atoms with Gasteiger partial charge in [0.1, 0.15) is 6.04 Å². The normalized spacial score (nSPS) is 25.1. The lowest BCUT2D eigenvalue weighted by atomic mass is 10.1. The van der Waals surface area contributed by atoms with Gasteiger partial charge in [-0.25, -0.2) is 8.42 Å². The van der Waals surface area contributed by atoms with E-state index in [1.54, 1.807) is 31.2 Å². The summed E-state index contributed by atoms with van der Waals surface area (Å²) in [5.41, 5.74) is 1.10. The van der Waals surface area contributed by atoms with Crippen molar-refractivity contribution in [2.24, 2.45) is 0 Å². The van der Waals surface area contributed by atoms with Crippen LogP contribution in [0, 0.1) is 0 Å². The summed E-state index contributed by atoms with van der Waals surface area (Å²) in [4.78, 5) is 26.7. The smallest absolute Gasteiger partial charge is 0.256 e. The van der Waals surface area contributed by atoms with Crippen LogP contribution in [0.4, 0.5) is 5.69 Å². The minimum atomic E-state index is -3.89. The van der Waals surface area contributed by atoms with Gasteiger partial charge in [0.05, 0.1) is 4.90 Å². The van der Waals surface area contributed by atoms with Crippen molar-refractivity contribution in [2.45, 2.75) is 36.7 Å². The summed E-state index contributed by atoms with van der Waals surface area (Å²) in [6.45, 7) is 2.67. The minimum absolute atomic E-state index is 0.0523. The third kappa shape index (κ3) is 2.20. The number of benzene rings is 2. The second-order valence-corrected chi connectivity index (χ2v) is 9.23. The number of hydrogen-bond donors (Lipinski definition) is 1. The molecule has 2 amide bonds. The summed E-state index contributed by atoms with van der Waals surface area (Å²) in [5.74, 6) is -0.358. The fraction of sp³-hybridized carbons (Fsp3) is 0.368. The number of nitrogens with one attached hydrogen (secondary N) is 1. The Morgan fingerprint density at radius 2 is 1.96 bits per heavy atom. The number of piperazine rings is 1. The molecule has 7 nitrogen and oxygen atoms in total. The number of rotatable bonds is 2. The molecule has 3 aliphatic rings. The van der Waals surface area contributed by atoms with E-state index >= 15 is 0 Å². The summed E-state index contributed by atoms with van der Waals surface area (Å²) >= 11 is 0. The number of nitrogens with zero attached hydrogens (tertiary/aromatic N) is 2. The zero-order valence-electron chi connectivity index (χ0n) is 14.8. The van der Waals surface area contributed by atoms with Crippen LogP contribution in [0.25, 0.3) is 10.8 Å². The number of fused-ring (bicyclic) bond motifs is 1. The highest BCUT2D eigenvalue weighted by molar-refractivity contribution is 7.89. The molecule has 2 fully saturated rings. The van der Waals surface area contributed by atoms with Gasteiger partial charge in [-0.2, -0.15) is 4.31 Å². The van der Waals surface area contributed by atoms with Gasteiger partial charge in [0.2, 0.25) is 15.9 Å². The molecule has 27 heavy (non-hydrogen) atoms. The van der Waals surface area contributed by atoms with E-state index in [1.807, 2.05) is 4.90 Å². The van der Waals surface area contributed by atoms with Crippen LogP contribution in [0.2, 0.25) is 0 Å². The molecule has 0 saturated carbocycles. The predicted octanol–water partition coefficient (Wildman–Crippen LogP) is 1.79. The molecule has 5 rings (SSSR count). The van der Waals surface area contributed by atoms with Crippen molar-refractivity contribution < 1.29 is 18.0 Å². The van der Waals surface area contributed by atoms with Crippen molar-refractivity contribution in [3.63, 3.8) is 0 Å². The molecule has 0 radical (unpaired) electrons. The van der Waals surface area contributed by atoms with Crippen LogP contribution in [0.15, 0.2) is 35.2 Å². The summed E-state index contributed by atoms with van der Waals surface area (Å²) in [7, 11) is -3.89. The average molecular weight is 385 g/mol. The van der Waals surface area contributed by atoms with E-state index in [0.717, 1.165) is 12.8 Å². The number of hydrogen-bond acceptors (Lipinski definition) is 4. The van der Waals surface area contributed by atoms with E-state index in [9.17, 15) is 18.0 Å². The van der Waals surface area contributed by atoms with Gasteiger partial charge in [-0.1, -0.05) is 12.1 Å². The van der Waals surface area contributed by atoms with Gasteiger partial charge < -0.3 is 10.2 Å². The van der Waals surface area contributed by atoms with Crippen LogP contribution in [-0.2, 0) is 14.8 Å². The van der Waals surface area contributed by atoms with Crippen molar-refractivity contribution in [1.29, 1.82) is 0 Å². The average Bonchev–Trinajstić information content (AvgIpc) is 3.24. The molecule has 0 aliphatic carbocycles. The van der Waals surface area contributed by atoms with E-state index in [4.69, 9.17) is 0 Å². The van der Waals surface area contributed by atoms with E-state index in [0.29, 0.717) is 35.1 Å². The zero-order valence-corrected chi connectivity index (χ0v) is 15.6. The fourth-order valence-electron chi connectivity index (χ4n) is 4.57. The Balaban J connectivity index is 1.66. The van der Waals surface area contributed by atoms with Gasteiger partial charge in [-0.05, 0) is 38.0 Å². The molecular weight excluding hydrogens is 366 g/mol. The van der Waals surface area contributed by atoms with Crippen LogP contribution in [0.3, 0.4) is 0 Å². The number of carbonyl (C=O) groups excluding carboxylic acids is 2. The van der Waals surface area contributed by atoms with E-state index in [1.165, 1.54) is 10.4 Å². The first-order valence-corrected chi connectivity index (χ1v) is 10.5. The van der Waals surface area contributed by atoms with Gasteiger partial charge >= 0.3 is 0 Å². The Morgan fingerprint density at radius 3 is 2.78 bits per heavy atom. The van der Waals surface area contributed by atoms with Crippen LogP contribution in [0.1, 0.15) is 30.1 Å². The van der Waals surface area contributed by atoms with Crippen molar-refractivity contribution in [3.8, 4) is 0 Å². The Hall–Kier alpha value is -2.45. The molecule has 2 atom stereocenters. The fourth-order valence-corrected chi connectivity index (χ4v) is 6.38. The molecule has 2 aromatic carbocycles. The van der Waals surface area contributed by atoms with Gasteiger partial charge in [0.15, 0.2) is 0 Å². The molecule has 3 aliphatic heterocycles. The lowest BCUT2D eigenvalue weighted by Gasteiger charge is -2.40. The van der Waals surface area contributed by atoms with Crippen molar-refractivity contribution >= 4 is 38.3 Å². The molecule has 3 heterocycles. The first kappa shape index (κ1) is 16.7. The van der Waals surface area contributed by atoms with Gasteiger partial charge in [-0.15, -0.1) is 0 Å². The lowest BCUT2D eigenvalue weighted by molar-refractivity contribution is -0.139. The van der Waals surface area contributed by atoms with Crippen LogP contribution < -0.4 is 5.32 Å². The summed E-state index contributed by atoms with van der Waals surface area (Å²) < 4.78 is 28.4. The minimum Gasteiger partial charge on any atom is -0.337 e. The maximum absolute atomic E-state index is 13.5. The first-order valence-electron chi connectivity index (χ1n) is 9.09. The second-order valence-electron chi connectivity index (χ2n) is 7.37. The SMILES string of the molecule is C[C@H]1C(=O)N2CCC[C@H]2CN1S(=O)(=O)c1ccc2c3c(cccc13)C(=O)N2. The van der Waals surface area contributed by atoms with E-state index in [2.05, 4.69) is 5.32 Å². The summed E-state index contributed by atoms with van der Waals surface area (Å²) in [6.07, 6.45) is 1.73. The highest BCUT2D eigenvalue weighted by Gasteiger charge is 2.45. The molecule has 2 saturated heterocycles. The third-order valence-corrected chi connectivity index (χ3v) is 7.91. The Labute approximate surface area is 157 Å². The van der Waals surface area contributed by atoms with Gasteiger partial charge in [0, 0.05) is 41.2 Å². The molecular formula is C19H19N3O4S. The van der Waals surface area contributed by atoms with Crippen LogP contribution >= 0.6 is 0 Å². The predicted molar refractivity (Wildman–Crippen MR) is 100.0 cm³/mol. The molecule has 1 N–H and O–H groups in total. The molecule has 0 bridgehead atoms. The van der Waals surface area contributed by atoms with Crippen molar-refractivity contribution in [1.82, 2.24) is 9.21 Å². The van der Waals surface area contributed by atoms with E-state index in [-0.39, 0.29) is 22.8 Å².